The van der Waals surface area contributed by atoms with Crippen molar-refractivity contribution in [3.05, 3.63) is 86.9 Å². The summed E-state index contributed by atoms with van der Waals surface area (Å²) in [6.45, 7) is 0.259. The van der Waals surface area contributed by atoms with Crippen LogP contribution in [0.5, 0.6) is 11.5 Å². The molecule has 0 N–H and O–H groups in total. The summed E-state index contributed by atoms with van der Waals surface area (Å²) >= 11 is 3.39. The van der Waals surface area contributed by atoms with Gasteiger partial charge in [0.1, 0.15) is 11.5 Å². The number of halogens is 1. The topological polar surface area (TPSA) is 81.9 Å². The Balaban J connectivity index is 1.75. The standard InChI is InChI=1S/C23H21BrN2O5/c1-25(14-16-3-7-18(24)8-4-16)23(27)15-31-22-12-9-19(26(28)29)13-21(22)17-5-10-20(30-2)11-6-17/h3-13H,14-15H2,1-2H3. The number of benzene rings is 3. The molecule has 0 aliphatic heterocycles. The average molecular weight is 485 g/mol. The van der Waals surface area contributed by atoms with Gasteiger partial charge < -0.3 is 14.4 Å². The Morgan fingerprint density at radius 1 is 1.06 bits per heavy atom. The zero-order valence-electron chi connectivity index (χ0n) is 17.1. The molecule has 0 spiro atoms. The Hall–Kier alpha value is -3.39. The van der Waals surface area contributed by atoms with E-state index in [0.717, 1.165) is 15.6 Å². The first-order valence-corrected chi connectivity index (χ1v) is 10.2. The van der Waals surface area contributed by atoms with Crippen molar-refractivity contribution in [1.29, 1.82) is 0 Å². The minimum atomic E-state index is -0.464. The van der Waals surface area contributed by atoms with Crippen LogP contribution in [-0.2, 0) is 11.3 Å². The highest BCUT2D eigenvalue weighted by atomic mass is 79.9. The van der Waals surface area contributed by atoms with Crippen LogP contribution in [0, 0.1) is 10.1 Å². The minimum Gasteiger partial charge on any atom is -0.497 e. The normalized spacial score (nSPS) is 10.4. The summed E-state index contributed by atoms with van der Waals surface area (Å²) in [6, 6.07) is 19.1. The molecule has 0 bridgehead atoms. The summed E-state index contributed by atoms with van der Waals surface area (Å²) in [5.74, 6) is 0.851. The minimum absolute atomic E-state index is 0.0585. The van der Waals surface area contributed by atoms with E-state index < -0.39 is 4.92 Å². The summed E-state index contributed by atoms with van der Waals surface area (Å²) in [4.78, 5) is 24.9. The first-order valence-electron chi connectivity index (χ1n) is 9.41. The molecule has 0 saturated carbocycles. The van der Waals surface area contributed by atoms with E-state index in [1.807, 2.05) is 24.3 Å². The molecule has 0 heterocycles. The zero-order valence-corrected chi connectivity index (χ0v) is 18.7. The monoisotopic (exact) mass is 484 g/mol. The van der Waals surface area contributed by atoms with Crippen molar-refractivity contribution in [3.8, 4) is 22.6 Å². The molecule has 1 amide bonds. The van der Waals surface area contributed by atoms with Gasteiger partial charge in [-0.25, -0.2) is 0 Å². The largest absolute Gasteiger partial charge is 0.497 e. The Kier molecular flexibility index (Phi) is 7.25. The first-order chi connectivity index (χ1) is 14.9. The van der Waals surface area contributed by atoms with Gasteiger partial charge in [-0.3, -0.25) is 14.9 Å². The number of carbonyl (C=O) groups excluding carboxylic acids is 1. The van der Waals surface area contributed by atoms with Gasteiger partial charge in [0.2, 0.25) is 0 Å². The second kappa shape index (κ2) is 10.1. The predicted octanol–water partition coefficient (Wildman–Crippen LogP) is 5.07. The van der Waals surface area contributed by atoms with Crippen LogP contribution in [0.1, 0.15) is 5.56 Å². The number of nitro benzene ring substituents is 1. The van der Waals surface area contributed by atoms with Crippen molar-refractivity contribution >= 4 is 27.5 Å². The van der Waals surface area contributed by atoms with Gasteiger partial charge in [-0.15, -0.1) is 0 Å². The fraction of sp³-hybridized carbons (Fsp3) is 0.174. The van der Waals surface area contributed by atoms with Gasteiger partial charge in [-0.1, -0.05) is 40.2 Å². The number of hydrogen-bond acceptors (Lipinski definition) is 5. The molecule has 3 aromatic carbocycles. The third kappa shape index (κ3) is 5.82. The van der Waals surface area contributed by atoms with E-state index in [1.54, 1.807) is 43.3 Å². The quantitative estimate of drug-likeness (QED) is 0.329. The number of rotatable bonds is 8. The van der Waals surface area contributed by atoms with Crippen LogP contribution in [-0.4, -0.2) is 36.5 Å². The molecule has 8 heteroatoms. The molecule has 31 heavy (non-hydrogen) atoms. The summed E-state index contributed by atoms with van der Waals surface area (Å²) in [6.07, 6.45) is 0. The summed E-state index contributed by atoms with van der Waals surface area (Å²) in [5, 5.41) is 11.2. The number of likely N-dealkylation sites (N-methyl/N-ethyl adjacent to an activating group) is 1. The van der Waals surface area contributed by atoms with Crippen LogP contribution in [0.15, 0.2) is 71.2 Å². The number of nitrogens with zero attached hydrogens (tertiary/aromatic N) is 2. The Labute approximate surface area is 188 Å². The lowest BCUT2D eigenvalue weighted by molar-refractivity contribution is -0.384. The van der Waals surface area contributed by atoms with Crippen LogP contribution in [0.3, 0.4) is 0 Å². The summed E-state index contributed by atoms with van der Waals surface area (Å²) in [5.41, 5.74) is 2.18. The van der Waals surface area contributed by atoms with Gasteiger partial charge >= 0.3 is 0 Å². The van der Waals surface area contributed by atoms with E-state index in [-0.39, 0.29) is 18.2 Å². The molecule has 0 saturated heterocycles. The van der Waals surface area contributed by atoms with Gasteiger partial charge in [0.05, 0.1) is 12.0 Å². The molecular weight excluding hydrogens is 464 g/mol. The molecule has 0 atom stereocenters. The van der Waals surface area contributed by atoms with Crippen LogP contribution in [0.2, 0.25) is 0 Å². The number of nitro groups is 1. The zero-order chi connectivity index (χ0) is 22.4. The van der Waals surface area contributed by atoms with Gasteiger partial charge in [0, 0.05) is 35.8 Å². The molecule has 0 aliphatic carbocycles. The van der Waals surface area contributed by atoms with Crippen LogP contribution in [0.4, 0.5) is 5.69 Å². The molecule has 0 radical (unpaired) electrons. The van der Waals surface area contributed by atoms with Crippen LogP contribution < -0.4 is 9.47 Å². The lowest BCUT2D eigenvalue weighted by Gasteiger charge is -2.18. The Morgan fingerprint density at radius 3 is 2.35 bits per heavy atom. The number of hydrogen-bond donors (Lipinski definition) is 0. The number of amides is 1. The van der Waals surface area contributed by atoms with Crippen LogP contribution >= 0.6 is 15.9 Å². The van der Waals surface area contributed by atoms with Crippen molar-refractivity contribution in [1.82, 2.24) is 4.90 Å². The lowest BCUT2D eigenvalue weighted by Crippen LogP contribution is -2.31. The van der Waals surface area contributed by atoms with E-state index in [4.69, 9.17) is 9.47 Å². The molecule has 0 fully saturated rings. The van der Waals surface area contributed by atoms with Gasteiger partial charge in [0.25, 0.3) is 11.6 Å². The smallest absolute Gasteiger partial charge is 0.270 e. The molecule has 7 nitrogen and oxygen atoms in total. The molecule has 3 aromatic rings. The number of carbonyl (C=O) groups is 1. The van der Waals surface area contributed by atoms with E-state index in [0.29, 0.717) is 23.6 Å². The fourth-order valence-corrected chi connectivity index (χ4v) is 3.22. The predicted molar refractivity (Wildman–Crippen MR) is 121 cm³/mol. The highest BCUT2D eigenvalue weighted by Gasteiger charge is 2.16. The van der Waals surface area contributed by atoms with Crippen LogP contribution in [0.25, 0.3) is 11.1 Å². The van der Waals surface area contributed by atoms with E-state index in [2.05, 4.69) is 15.9 Å². The lowest BCUT2D eigenvalue weighted by atomic mass is 10.0. The number of non-ortho nitro benzene ring substituents is 1. The maximum absolute atomic E-state index is 12.6. The molecule has 0 unspecified atom stereocenters. The molecule has 160 valence electrons. The Morgan fingerprint density at radius 2 is 1.74 bits per heavy atom. The van der Waals surface area contributed by atoms with E-state index in [1.165, 1.54) is 18.2 Å². The fourth-order valence-electron chi connectivity index (χ4n) is 2.96. The maximum Gasteiger partial charge on any atom is 0.270 e. The van der Waals surface area contributed by atoms with Crippen molar-refractivity contribution < 1.29 is 19.2 Å². The van der Waals surface area contributed by atoms with Gasteiger partial charge in [0.15, 0.2) is 6.61 Å². The SMILES string of the molecule is COc1ccc(-c2cc([N+](=O)[O-])ccc2OCC(=O)N(C)Cc2ccc(Br)cc2)cc1. The van der Waals surface area contributed by atoms with Crippen molar-refractivity contribution in [2.45, 2.75) is 6.54 Å². The molecular formula is C23H21BrN2O5. The highest BCUT2D eigenvalue weighted by Crippen LogP contribution is 2.34. The number of methoxy groups -OCH3 is 1. The van der Waals surface area contributed by atoms with Gasteiger partial charge in [-0.2, -0.15) is 0 Å². The third-order valence-electron chi connectivity index (χ3n) is 4.68. The average Bonchev–Trinajstić information content (AvgIpc) is 2.78. The number of ether oxygens (including phenoxy) is 2. The maximum atomic E-state index is 12.6. The third-order valence-corrected chi connectivity index (χ3v) is 5.21. The molecule has 0 aromatic heterocycles. The Bertz CT molecular complexity index is 1070. The molecule has 3 rings (SSSR count). The second-order valence-electron chi connectivity index (χ2n) is 6.83. The van der Waals surface area contributed by atoms with Crippen molar-refractivity contribution in [3.63, 3.8) is 0 Å². The first kappa shape index (κ1) is 22.3. The second-order valence-corrected chi connectivity index (χ2v) is 7.75. The van der Waals surface area contributed by atoms with E-state index in [9.17, 15) is 14.9 Å². The summed E-state index contributed by atoms with van der Waals surface area (Å²) < 4.78 is 11.9. The molecule has 0 aliphatic rings. The van der Waals surface area contributed by atoms with E-state index >= 15 is 0 Å². The van der Waals surface area contributed by atoms with Crippen molar-refractivity contribution in [2.24, 2.45) is 0 Å². The van der Waals surface area contributed by atoms with Gasteiger partial charge in [-0.05, 0) is 41.5 Å². The highest BCUT2D eigenvalue weighted by molar-refractivity contribution is 9.10. The summed E-state index contributed by atoms with van der Waals surface area (Å²) in [7, 11) is 3.27. The van der Waals surface area contributed by atoms with Crippen molar-refractivity contribution in [2.75, 3.05) is 20.8 Å².